The smallest absolute Gasteiger partial charge is 0.404 e. The van der Waals surface area contributed by atoms with Gasteiger partial charge in [-0.1, -0.05) is 0 Å². The molecular formula is C11H13F3N2O4. The first-order chi connectivity index (χ1) is 9.26. The first-order valence-electron chi connectivity index (χ1n) is 5.44. The van der Waals surface area contributed by atoms with Crippen molar-refractivity contribution in [2.75, 3.05) is 18.9 Å². The van der Waals surface area contributed by atoms with Crippen LogP contribution in [0.15, 0.2) is 18.2 Å². The number of hydrogen-bond donors (Lipinski definition) is 4. The molecule has 0 fully saturated rings. The van der Waals surface area contributed by atoms with Crippen molar-refractivity contribution in [1.29, 1.82) is 0 Å². The second-order valence-electron chi connectivity index (χ2n) is 3.84. The van der Waals surface area contributed by atoms with Crippen molar-refractivity contribution in [3.8, 4) is 5.75 Å². The van der Waals surface area contributed by atoms with Gasteiger partial charge in [-0.05, 0) is 18.2 Å². The van der Waals surface area contributed by atoms with E-state index in [-0.39, 0.29) is 11.3 Å². The summed E-state index contributed by atoms with van der Waals surface area (Å²) in [6.45, 7) is -0.958. The fraction of sp³-hybridized carbons (Fsp3) is 0.364. The average molecular weight is 294 g/mol. The SMILES string of the molecule is Nc1cc(C(=O)NC(CO)CO)ccc1OC(F)(F)F. The second-order valence-corrected chi connectivity index (χ2v) is 3.84. The van der Waals surface area contributed by atoms with Crippen LogP contribution >= 0.6 is 0 Å². The number of nitrogens with two attached hydrogens (primary N) is 1. The molecule has 0 heterocycles. The van der Waals surface area contributed by atoms with Gasteiger partial charge in [-0.25, -0.2) is 0 Å². The van der Waals surface area contributed by atoms with Crippen LogP contribution in [0.4, 0.5) is 18.9 Å². The second kappa shape index (κ2) is 6.44. The Bertz CT molecular complexity index is 475. The molecule has 1 rings (SSSR count). The highest BCUT2D eigenvalue weighted by Crippen LogP contribution is 2.28. The van der Waals surface area contributed by atoms with Gasteiger partial charge in [-0.3, -0.25) is 4.79 Å². The number of amides is 1. The van der Waals surface area contributed by atoms with Gasteiger partial charge < -0.3 is 26.0 Å². The summed E-state index contributed by atoms with van der Waals surface area (Å²) >= 11 is 0. The number of alkyl halides is 3. The number of rotatable bonds is 5. The van der Waals surface area contributed by atoms with Crippen molar-refractivity contribution in [1.82, 2.24) is 5.32 Å². The van der Waals surface area contributed by atoms with E-state index in [0.29, 0.717) is 0 Å². The van der Waals surface area contributed by atoms with Crippen LogP contribution < -0.4 is 15.8 Å². The zero-order valence-electron chi connectivity index (χ0n) is 10.1. The van der Waals surface area contributed by atoms with E-state index in [4.69, 9.17) is 15.9 Å². The Labute approximate surface area is 112 Å². The summed E-state index contributed by atoms with van der Waals surface area (Å²) in [6, 6.07) is 2.13. The van der Waals surface area contributed by atoms with Crippen molar-refractivity contribution >= 4 is 11.6 Å². The van der Waals surface area contributed by atoms with Crippen LogP contribution in [-0.2, 0) is 0 Å². The molecule has 0 saturated heterocycles. The number of aliphatic hydroxyl groups excluding tert-OH is 2. The highest BCUT2D eigenvalue weighted by atomic mass is 19.4. The molecule has 112 valence electrons. The molecule has 1 aromatic carbocycles. The molecule has 1 amide bonds. The van der Waals surface area contributed by atoms with Gasteiger partial charge in [0.05, 0.1) is 24.9 Å². The van der Waals surface area contributed by atoms with Crippen LogP contribution in [0.3, 0.4) is 0 Å². The van der Waals surface area contributed by atoms with Crippen LogP contribution in [-0.4, -0.2) is 41.7 Å². The number of nitrogens with one attached hydrogen (secondary N) is 1. The maximum Gasteiger partial charge on any atom is 0.573 e. The maximum absolute atomic E-state index is 12.0. The largest absolute Gasteiger partial charge is 0.573 e. The quantitative estimate of drug-likeness (QED) is 0.583. The van der Waals surface area contributed by atoms with Crippen LogP contribution in [0.5, 0.6) is 5.75 Å². The Morgan fingerprint density at radius 2 is 1.95 bits per heavy atom. The van der Waals surface area contributed by atoms with E-state index < -0.39 is 37.3 Å². The number of carbonyl (C=O) groups is 1. The van der Waals surface area contributed by atoms with E-state index in [2.05, 4.69) is 10.1 Å². The predicted molar refractivity (Wildman–Crippen MR) is 63.0 cm³/mol. The first kappa shape index (κ1) is 16.1. The van der Waals surface area contributed by atoms with Gasteiger partial charge in [0.15, 0.2) is 5.75 Å². The van der Waals surface area contributed by atoms with E-state index in [1.165, 1.54) is 0 Å². The molecule has 9 heteroatoms. The number of carbonyl (C=O) groups excluding carboxylic acids is 1. The Balaban J connectivity index is 2.84. The lowest BCUT2D eigenvalue weighted by Crippen LogP contribution is -2.40. The first-order valence-corrected chi connectivity index (χ1v) is 5.44. The Kier molecular flexibility index (Phi) is 5.17. The maximum atomic E-state index is 12.0. The lowest BCUT2D eigenvalue weighted by atomic mass is 10.1. The summed E-state index contributed by atoms with van der Waals surface area (Å²) in [5, 5.41) is 19.9. The fourth-order valence-corrected chi connectivity index (χ4v) is 1.33. The van der Waals surface area contributed by atoms with Gasteiger partial charge in [-0.2, -0.15) is 0 Å². The van der Waals surface area contributed by atoms with Crippen LogP contribution in [0, 0.1) is 0 Å². The van der Waals surface area contributed by atoms with Crippen LogP contribution in [0.1, 0.15) is 10.4 Å². The molecule has 0 spiro atoms. The molecule has 0 radical (unpaired) electrons. The van der Waals surface area contributed by atoms with Gasteiger partial charge in [0.25, 0.3) is 5.91 Å². The molecular weight excluding hydrogens is 281 g/mol. The van der Waals surface area contributed by atoms with Gasteiger partial charge >= 0.3 is 6.36 Å². The Hall–Kier alpha value is -2.00. The van der Waals surface area contributed by atoms with Gasteiger partial charge in [0.2, 0.25) is 0 Å². The normalized spacial score (nSPS) is 11.5. The molecule has 0 unspecified atom stereocenters. The van der Waals surface area contributed by atoms with E-state index >= 15 is 0 Å². The highest BCUT2D eigenvalue weighted by molar-refractivity contribution is 5.95. The van der Waals surface area contributed by atoms with E-state index in [1.807, 2.05) is 0 Å². The van der Waals surface area contributed by atoms with E-state index in [1.54, 1.807) is 0 Å². The summed E-state index contributed by atoms with van der Waals surface area (Å²) in [5.41, 5.74) is 4.97. The number of ether oxygens (including phenoxy) is 1. The third kappa shape index (κ3) is 4.59. The molecule has 5 N–H and O–H groups in total. The molecule has 20 heavy (non-hydrogen) atoms. The third-order valence-corrected chi connectivity index (χ3v) is 2.27. The summed E-state index contributed by atoms with van der Waals surface area (Å²) in [5.74, 6) is -1.31. The molecule has 6 nitrogen and oxygen atoms in total. The fourth-order valence-electron chi connectivity index (χ4n) is 1.33. The molecule has 0 aliphatic rings. The topological polar surface area (TPSA) is 105 Å². The number of nitrogen functional groups attached to an aromatic ring is 1. The zero-order chi connectivity index (χ0) is 15.3. The third-order valence-electron chi connectivity index (χ3n) is 2.27. The predicted octanol–water partition coefficient (Wildman–Crippen LogP) is 0.250. The molecule has 0 aliphatic carbocycles. The Morgan fingerprint density at radius 3 is 2.40 bits per heavy atom. The standard InChI is InChI=1S/C11H13F3N2O4/c12-11(13,14)20-9-2-1-6(3-8(9)15)10(19)16-7(4-17)5-18/h1-3,7,17-18H,4-5,15H2,(H,16,19). The summed E-state index contributed by atoms with van der Waals surface area (Å²) in [4.78, 5) is 11.7. The average Bonchev–Trinajstić information content (AvgIpc) is 2.36. The zero-order valence-corrected chi connectivity index (χ0v) is 10.1. The van der Waals surface area contributed by atoms with Gasteiger partial charge in [0, 0.05) is 5.56 Å². The van der Waals surface area contributed by atoms with Crippen molar-refractivity contribution < 1.29 is 32.9 Å². The van der Waals surface area contributed by atoms with Crippen molar-refractivity contribution in [2.45, 2.75) is 12.4 Å². The van der Waals surface area contributed by atoms with Crippen LogP contribution in [0.2, 0.25) is 0 Å². The number of halogens is 3. The lowest BCUT2D eigenvalue weighted by Gasteiger charge is -2.15. The molecule has 1 aromatic rings. The van der Waals surface area contributed by atoms with E-state index in [0.717, 1.165) is 18.2 Å². The van der Waals surface area contributed by atoms with E-state index in [9.17, 15) is 18.0 Å². The highest BCUT2D eigenvalue weighted by Gasteiger charge is 2.32. The lowest BCUT2D eigenvalue weighted by molar-refractivity contribution is -0.274. The monoisotopic (exact) mass is 294 g/mol. The molecule has 0 aliphatic heterocycles. The molecule has 0 saturated carbocycles. The number of hydrogen-bond acceptors (Lipinski definition) is 5. The summed E-state index contributed by atoms with van der Waals surface area (Å²) in [6.07, 6.45) is -4.88. The van der Waals surface area contributed by atoms with Gasteiger partial charge in [0.1, 0.15) is 0 Å². The minimum atomic E-state index is -4.88. The van der Waals surface area contributed by atoms with Gasteiger partial charge in [-0.15, -0.1) is 13.2 Å². The number of aliphatic hydroxyl groups is 2. The molecule has 0 aromatic heterocycles. The number of anilines is 1. The minimum absolute atomic E-state index is 0.0241. The van der Waals surface area contributed by atoms with Crippen molar-refractivity contribution in [2.24, 2.45) is 0 Å². The summed E-state index contributed by atoms with van der Waals surface area (Å²) in [7, 11) is 0. The van der Waals surface area contributed by atoms with Crippen LogP contribution in [0.25, 0.3) is 0 Å². The van der Waals surface area contributed by atoms with Crippen molar-refractivity contribution in [3.05, 3.63) is 23.8 Å². The number of benzene rings is 1. The molecule has 0 bridgehead atoms. The molecule has 0 atom stereocenters. The van der Waals surface area contributed by atoms with Crippen molar-refractivity contribution in [3.63, 3.8) is 0 Å². The minimum Gasteiger partial charge on any atom is -0.404 e. The summed E-state index contributed by atoms with van der Waals surface area (Å²) < 4.78 is 39.7. The Morgan fingerprint density at radius 1 is 1.35 bits per heavy atom.